The number of thioether (sulfide) groups is 1. The molecule has 0 unspecified atom stereocenters. The highest BCUT2D eigenvalue weighted by atomic mass is 32.2. The van der Waals surface area contributed by atoms with Gasteiger partial charge in [0.2, 0.25) is 5.91 Å². The van der Waals surface area contributed by atoms with Gasteiger partial charge in [-0.2, -0.15) is 5.26 Å². The van der Waals surface area contributed by atoms with Crippen molar-refractivity contribution in [2.45, 2.75) is 64.1 Å². The second kappa shape index (κ2) is 8.23. The first-order valence-electron chi connectivity index (χ1n) is 8.96. The van der Waals surface area contributed by atoms with Crippen LogP contribution in [0.15, 0.2) is 5.16 Å². The second-order valence-electron chi connectivity index (χ2n) is 6.58. The molecule has 138 valence electrons. The third kappa shape index (κ3) is 3.79. The van der Waals surface area contributed by atoms with E-state index in [1.165, 1.54) is 16.6 Å². The lowest BCUT2D eigenvalue weighted by Gasteiger charge is -2.12. The lowest BCUT2D eigenvalue weighted by molar-refractivity contribution is -0.113. The zero-order valence-corrected chi connectivity index (χ0v) is 17.0. The van der Waals surface area contributed by atoms with Crippen molar-refractivity contribution in [1.82, 2.24) is 14.8 Å². The molecule has 2 aromatic heterocycles. The number of aryl methyl sites for hydroxylation is 2. The number of thiophene rings is 1. The van der Waals surface area contributed by atoms with Crippen molar-refractivity contribution in [3.63, 3.8) is 0 Å². The van der Waals surface area contributed by atoms with E-state index in [4.69, 9.17) is 0 Å². The molecule has 0 bridgehead atoms. The summed E-state index contributed by atoms with van der Waals surface area (Å²) in [5.74, 6) is 1.07. The zero-order chi connectivity index (χ0) is 18.7. The fourth-order valence-corrected chi connectivity index (χ4v) is 5.37. The van der Waals surface area contributed by atoms with E-state index in [1.54, 1.807) is 11.3 Å². The maximum absolute atomic E-state index is 12.4. The van der Waals surface area contributed by atoms with E-state index >= 15 is 0 Å². The van der Waals surface area contributed by atoms with Crippen molar-refractivity contribution in [1.29, 1.82) is 5.26 Å². The van der Waals surface area contributed by atoms with Gasteiger partial charge < -0.3 is 9.88 Å². The molecule has 0 aromatic carbocycles. The number of nitriles is 1. The number of rotatable bonds is 6. The average Bonchev–Trinajstić information content (AvgIpc) is 3.20. The fraction of sp³-hybridized carbons (Fsp3) is 0.556. The Labute approximate surface area is 162 Å². The van der Waals surface area contributed by atoms with Crippen molar-refractivity contribution >= 4 is 34.0 Å². The molecule has 1 aliphatic carbocycles. The molecule has 0 atom stereocenters. The van der Waals surface area contributed by atoms with E-state index < -0.39 is 0 Å². The number of carbonyl (C=O) groups excluding carboxylic acids is 1. The molecule has 0 spiro atoms. The van der Waals surface area contributed by atoms with E-state index in [0.29, 0.717) is 10.6 Å². The van der Waals surface area contributed by atoms with Crippen molar-refractivity contribution in [2.24, 2.45) is 0 Å². The molecule has 6 nitrogen and oxygen atoms in total. The number of fused-ring (bicyclic) bond motifs is 1. The smallest absolute Gasteiger partial charge is 0.235 e. The van der Waals surface area contributed by atoms with Gasteiger partial charge in [0, 0.05) is 17.3 Å². The number of nitrogens with one attached hydrogen (secondary N) is 1. The molecule has 0 radical (unpaired) electrons. The average molecular weight is 390 g/mol. The highest BCUT2D eigenvalue weighted by Crippen LogP contribution is 2.37. The normalized spacial score (nSPS) is 13.5. The highest BCUT2D eigenvalue weighted by molar-refractivity contribution is 7.99. The summed E-state index contributed by atoms with van der Waals surface area (Å²) in [6.07, 6.45) is 5.04. The van der Waals surface area contributed by atoms with Crippen LogP contribution in [0.1, 0.15) is 61.5 Å². The van der Waals surface area contributed by atoms with E-state index in [0.717, 1.165) is 48.6 Å². The van der Waals surface area contributed by atoms with Gasteiger partial charge in [0.1, 0.15) is 16.9 Å². The minimum Gasteiger partial charge on any atom is -0.316 e. The third-order valence-corrected chi connectivity index (χ3v) is 6.59. The topological polar surface area (TPSA) is 83.6 Å². The van der Waals surface area contributed by atoms with Gasteiger partial charge in [0.15, 0.2) is 5.16 Å². The van der Waals surface area contributed by atoms with Crippen LogP contribution in [0.2, 0.25) is 0 Å². The first kappa shape index (κ1) is 18.9. The van der Waals surface area contributed by atoms with Crippen LogP contribution in [0.25, 0.3) is 0 Å². The molecule has 2 aromatic rings. The quantitative estimate of drug-likeness (QED) is 0.756. The number of hydrogen-bond acceptors (Lipinski definition) is 6. The van der Waals surface area contributed by atoms with Gasteiger partial charge in [-0.25, -0.2) is 0 Å². The Hall–Kier alpha value is -1.85. The molecule has 2 heterocycles. The van der Waals surface area contributed by atoms with Gasteiger partial charge >= 0.3 is 0 Å². The Kier molecular flexibility index (Phi) is 5.99. The van der Waals surface area contributed by atoms with E-state index in [1.807, 2.05) is 6.92 Å². The largest absolute Gasteiger partial charge is 0.316 e. The van der Waals surface area contributed by atoms with Crippen LogP contribution in [-0.4, -0.2) is 26.4 Å². The van der Waals surface area contributed by atoms with Crippen molar-refractivity contribution < 1.29 is 4.79 Å². The van der Waals surface area contributed by atoms with Crippen LogP contribution in [0, 0.1) is 11.3 Å². The molecule has 0 aliphatic heterocycles. The molecule has 1 amide bonds. The van der Waals surface area contributed by atoms with E-state index in [-0.39, 0.29) is 17.7 Å². The third-order valence-electron chi connectivity index (χ3n) is 4.44. The number of hydrogen-bond donors (Lipinski definition) is 1. The lowest BCUT2D eigenvalue weighted by Crippen LogP contribution is -2.15. The predicted octanol–water partition coefficient (Wildman–Crippen LogP) is 3.96. The van der Waals surface area contributed by atoms with Crippen LogP contribution >= 0.6 is 23.1 Å². The maximum atomic E-state index is 12.4. The number of aromatic nitrogens is 3. The van der Waals surface area contributed by atoms with Gasteiger partial charge in [-0.05, 0) is 45.1 Å². The van der Waals surface area contributed by atoms with Crippen molar-refractivity contribution in [2.75, 3.05) is 11.1 Å². The summed E-state index contributed by atoms with van der Waals surface area (Å²) in [4.78, 5) is 13.7. The highest BCUT2D eigenvalue weighted by Gasteiger charge is 2.22. The predicted molar refractivity (Wildman–Crippen MR) is 105 cm³/mol. The molecule has 0 saturated heterocycles. The summed E-state index contributed by atoms with van der Waals surface area (Å²) in [5.41, 5.74) is 1.79. The summed E-state index contributed by atoms with van der Waals surface area (Å²) in [7, 11) is 0. The van der Waals surface area contributed by atoms with Crippen molar-refractivity contribution in [3.05, 3.63) is 21.8 Å². The van der Waals surface area contributed by atoms with Crippen LogP contribution in [0.3, 0.4) is 0 Å². The van der Waals surface area contributed by atoms with Gasteiger partial charge in [0.25, 0.3) is 0 Å². The lowest BCUT2D eigenvalue weighted by atomic mass is 9.96. The van der Waals surface area contributed by atoms with Gasteiger partial charge in [-0.1, -0.05) is 18.7 Å². The molecule has 1 aliphatic rings. The Bertz CT molecular complexity index is 847. The number of amides is 1. The Morgan fingerprint density at radius 2 is 2.15 bits per heavy atom. The fourth-order valence-electron chi connectivity index (χ4n) is 3.23. The molecule has 1 N–H and O–H groups in total. The van der Waals surface area contributed by atoms with Crippen LogP contribution in [-0.2, 0) is 24.1 Å². The van der Waals surface area contributed by atoms with Crippen LogP contribution < -0.4 is 5.32 Å². The minimum absolute atomic E-state index is 0.110. The van der Waals surface area contributed by atoms with E-state index in [2.05, 4.69) is 40.0 Å². The molecular formula is C18H23N5OS2. The summed E-state index contributed by atoms with van der Waals surface area (Å²) in [6.45, 7) is 6.22. The Morgan fingerprint density at radius 1 is 1.38 bits per heavy atom. The first-order valence-corrected chi connectivity index (χ1v) is 10.8. The molecule has 3 rings (SSSR count). The molecule has 8 heteroatoms. The molecule has 0 saturated carbocycles. The first-order chi connectivity index (χ1) is 12.5. The number of anilines is 1. The van der Waals surface area contributed by atoms with Crippen molar-refractivity contribution in [3.8, 4) is 6.07 Å². The summed E-state index contributed by atoms with van der Waals surface area (Å²) in [6, 6.07) is 2.53. The SMILES string of the molecule is CCc1nnc(SCC(=O)Nc2sc3c(c2C#N)CCCC3)n1C(C)C. The molecule has 26 heavy (non-hydrogen) atoms. The standard InChI is InChI=1S/C18H23N5OS2/c1-4-15-21-22-18(23(15)11(2)3)25-10-16(24)20-17-13(9-19)12-7-5-6-8-14(12)26-17/h11H,4-8,10H2,1-3H3,(H,20,24). The number of nitrogens with zero attached hydrogens (tertiary/aromatic N) is 4. The van der Waals surface area contributed by atoms with Gasteiger partial charge in [0.05, 0.1) is 11.3 Å². The van der Waals surface area contributed by atoms with E-state index in [9.17, 15) is 10.1 Å². The minimum atomic E-state index is -0.110. The molecule has 0 fully saturated rings. The summed E-state index contributed by atoms with van der Waals surface area (Å²) >= 11 is 2.94. The Balaban J connectivity index is 1.68. The second-order valence-corrected chi connectivity index (χ2v) is 8.63. The maximum Gasteiger partial charge on any atom is 0.235 e. The number of carbonyl (C=O) groups is 1. The van der Waals surface area contributed by atoms with Gasteiger partial charge in [-0.3, -0.25) is 4.79 Å². The summed E-state index contributed by atoms with van der Waals surface area (Å²) < 4.78 is 2.07. The summed E-state index contributed by atoms with van der Waals surface area (Å²) in [5, 5.41) is 22.3. The Morgan fingerprint density at radius 3 is 2.85 bits per heavy atom. The van der Waals surface area contributed by atoms with Crippen LogP contribution in [0.5, 0.6) is 0 Å². The van der Waals surface area contributed by atoms with Gasteiger partial charge in [-0.15, -0.1) is 21.5 Å². The monoisotopic (exact) mass is 389 g/mol. The zero-order valence-electron chi connectivity index (χ0n) is 15.3. The van der Waals surface area contributed by atoms with Crippen LogP contribution in [0.4, 0.5) is 5.00 Å². The molecular weight excluding hydrogens is 366 g/mol.